The van der Waals surface area contributed by atoms with Crippen molar-refractivity contribution in [3.63, 3.8) is 0 Å². The van der Waals surface area contributed by atoms with Gasteiger partial charge in [0.1, 0.15) is 5.82 Å². The molecule has 1 saturated heterocycles. The normalized spacial score (nSPS) is 17.6. The molecular formula is C14H22N4O2. The van der Waals surface area contributed by atoms with Crippen LogP contribution in [-0.2, 0) is 4.74 Å². The van der Waals surface area contributed by atoms with Crippen LogP contribution in [0.1, 0.15) is 30.3 Å². The summed E-state index contributed by atoms with van der Waals surface area (Å²) in [6.07, 6.45) is 2.09. The summed E-state index contributed by atoms with van der Waals surface area (Å²) in [7, 11) is 3.39. The number of amides is 1. The maximum absolute atomic E-state index is 11.7. The van der Waals surface area contributed by atoms with E-state index >= 15 is 0 Å². The zero-order valence-corrected chi connectivity index (χ0v) is 12.3. The summed E-state index contributed by atoms with van der Waals surface area (Å²) >= 11 is 0. The van der Waals surface area contributed by atoms with Crippen molar-refractivity contribution in [2.24, 2.45) is 5.41 Å². The van der Waals surface area contributed by atoms with Crippen LogP contribution in [0.5, 0.6) is 0 Å². The Labute approximate surface area is 119 Å². The number of carbonyl (C=O) groups excluding carboxylic acids is 1. The van der Waals surface area contributed by atoms with Gasteiger partial charge >= 0.3 is 0 Å². The van der Waals surface area contributed by atoms with Gasteiger partial charge in [0.25, 0.3) is 5.91 Å². The molecule has 1 fully saturated rings. The van der Waals surface area contributed by atoms with E-state index in [9.17, 15) is 4.79 Å². The molecule has 110 valence electrons. The molecule has 1 N–H and O–H groups in total. The molecule has 2 rings (SSSR count). The lowest BCUT2D eigenvalue weighted by Crippen LogP contribution is -2.33. The first kappa shape index (κ1) is 14.7. The molecule has 1 aliphatic heterocycles. The van der Waals surface area contributed by atoms with Crippen LogP contribution in [0.2, 0.25) is 0 Å². The number of anilines is 1. The minimum atomic E-state index is -0.138. The van der Waals surface area contributed by atoms with Crippen LogP contribution in [0.4, 0.5) is 5.82 Å². The summed E-state index contributed by atoms with van der Waals surface area (Å²) < 4.78 is 5.38. The Morgan fingerprint density at radius 1 is 1.35 bits per heavy atom. The fourth-order valence-electron chi connectivity index (χ4n) is 2.11. The fourth-order valence-corrected chi connectivity index (χ4v) is 2.11. The van der Waals surface area contributed by atoms with E-state index in [4.69, 9.17) is 4.74 Å². The number of hydrogen-bond acceptors (Lipinski definition) is 5. The van der Waals surface area contributed by atoms with E-state index in [0.717, 1.165) is 32.6 Å². The van der Waals surface area contributed by atoms with Crippen LogP contribution >= 0.6 is 0 Å². The predicted octanol–water partition coefficient (Wildman–Crippen LogP) is 1.41. The lowest BCUT2D eigenvalue weighted by molar-refractivity contribution is 0.0299. The maximum atomic E-state index is 11.7. The van der Waals surface area contributed by atoms with Crippen molar-refractivity contribution in [3.05, 3.63) is 17.8 Å². The number of ether oxygens (including phenoxy) is 1. The van der Waals surface area contributed by atoms with Gasteiger partial charge in [0.05, 0.1) is 0 Å². The lowest BCUT2D eigenvalue weighted by Gasteiger charge is -2.33. The lowest BCUT2D eigenvalue weighted by atomic mass is 9.82. The number of hydrogen-bond donors (Lipinski definition) is 1. The molecule has 1 amide bonds. The minimum absolute atomic E-state index is 0.138. The van der Waals surface area contributed by atoms with Crippen molar-refractivity contribution in [2.45, 2.75) is 19.8 Å². The van der Waals surface area contributed by atoms with Gasteiger partial charge in [0.2, 0.25) is 0 Å². The third-order valence-corrected chi connectivity index (χ3v) is 3.69. The second-order valence-electron chi connectivity index (χ2n) is 5.78. The monoisotopic (exact) mass is 278 g/mol. The first-order valence-electron chi connectivity index (χ1n) is 6.87. The van der Waals surface area contributed by atoms with Gasteiger partial charge in [-0.3, -0.25) is 4.79 Å². The van der Waals surface area contributed by atoms with E-state index in [-0.39, 0.29) is 11.3 Å². The molecule has 0 aliphatic carbocycles. The highest BCUT2D eigenvalue weighted by Crippen LogP contribution is 2.29. The average Bonchev–Trinajstić information content (AvgIpc) is 2.46. The van der Waals surface area contributed by atoms with Crippen molar-refractivity contribution < 1.29 is 9.53 Å². The first-order chi connectivity index (χ1) is 9.50. The molecule has 0 unspecified atom stereocenters. The van der Waals surface area contributed by atoms with Gasteiger partial charge in [-0.15, -0.1) is 10.2 Å². The molecule has 0 radical (unpaired) electrons. The molecule has 0 saturated carbocycles. The quantitative estimate of drug-likeness (QED) is 0.902. The number of rotatable bonds is 4. The smallest absolute Gasteiger partial charge is 0.273 e. The van der Waals surface area contributed by atoms with Crippen molar-refractivity contribution in [2.75, 3.05) is 39.2 Å². The SMILES string of the molecule is CN(C)C(=O)c1ccc(NCC2(C)CCOCC2)nn1. The second-order valence-corrected chi connectivity index (χ2v) is 5.78. The second kappa shape index (κ2) is 6.17. The Balaban J connectivity index is 1.92. The Hall–Kier alpha value is -1.69. The zero-order chi connectivity index (χ0) is 14.6. The molecule has 6 nitrogen and oxygen atoms in total. The number of carbonyl (C=O) groups is 1. The number of nitrogens with zero attached hydrogens (tertiary/aromatic N) is 3. The molecule has 1 aromatic heterocycles. The summed E-state index contributed by atoms with van der Waals surface area (Å²) in [5.41, 5.74) is 0.593. The molecule has 6 heteroatoms. The fraction of sp³-hybridized carbons (Fsp3) is 0.643. The van der Waals surface area contributed by atoms with Gasteiger partial charge in [-0.2, -0.15) is 0 Å². The molecule has 1 aromatic rings. The highest BCUT2D eigenvalue weighted by molar-refractivity contribution is 5.91. The van der Waals surface area contributed by atoms with Gasteiger partial charge in [-0.25, -0.2) is 0 Å². The van der Waals surface area contributed by atoms with Gasteiger partial charge in [-0.1, -0.05) is 6.92 Å². The Kier molecular flexibility index (Phi) is 4.54. The maximum Gasteiger partial charge on any atom is 0.273 e. The number of nitrogens with one attached hydrogen (secondary N) is 1. The van der Waals surface area contributed by atoms with Crippen LogP contribution in [0, 0.1) is 5.41 Å². The Morgan fingerprint density at radius 2 is 2.05 bits per heavy atom. The van der Waals surface area contributed by atoms with Crippen LogP contribution in [-0.4, -0.2) is 54.9 Å². The summed E-state index contributed by atoms with van der Waals surface area (Å²) in [5.74, 6) is 0.563. The van der Waals surface area contributed by atoms with Crippen molar-refractivity contribution in [3.8, 4) is 0 Å². The van der Waals surface area contributed by atoms with E-state index in [2.05, 4.69) is 22.4 Å². The third kappa shape index (κ3) is 3.66. The van der Waals surface area contributed by atoms with Gasteiger partial charge < -0.3 is 15.0 Å². The third-order valence-electron chi connectivity index (χ3n) is 3.69. The van der Waals surface area contributed by atoms with E-state index in [0.29, 0.717) is 11.5 Å². The first-order valence-corrected chi connectivity index (χ1v) is 6.87. The van der Waals surface area contributed by atoms with Crippen LogP contribution in [0.15, 0.2) is 12.1 Å². The summed E-state index contributed by atoms with van der Waals surface area (Å²) in [6.45, 7) is 4.73. The molecule has 1 aliphatic rings. The zero-order valence-electron chi connectivity index (χ0n) is 12.3. The van der Waals surface area contributed by atoms with Gasteiger partial charge in [-0.05, 0) is 30.4 Å². The van der Waals surface area contributed by atoms with Crippen molar-refractivity contribution in [1.82, 2.24) is 15.1 Å². The summed E-state index contributed by atoms with van der Waals surface area (Å²) in [5, 5.41) is 11.3. The Morgan fingerprint density at radius 3 is 2.60 bits per heavy atom. The van der Waals surface area contributed by atoms with Gasteiger partial charge in [0.15, 0.2) is 5.69 Å². The molecule has 20 heavy (non-hydrogen) atoms. The largest absolute Gasteiger partial charge is 0.381 e. The summed E-state index contributed by atoms with van der Waals surface area (Å²) in [6, 6.07) is 3.50. The van der Waals surface area contributed by atoms with Crippen molar-refractivity contribution >= 4 is 11.7 Å². The molecule has 0 spiro atoms. The predicted molar refractivity (Wildman–Crippen MR) is 76.7 cm³/mol. The topological polar surface area (TPSA) is 67.4 Å². The molecule has 0 aromatic carbocycles. The number of aromatic nitrogens is 2. The van der Waals surface area contributed by atoms with E-state index in [1.165, 1.54) is 4.90 Å². The minimum Gasteiger partial charge on any atom is -0.381 e. The van der Waals surface area contributed by atoms with Crippen LogP contribution in [0.25, 0.3) is 0 Å². The highest BCUT2D eigenvalue weighted by Gasteiger charge is 2.27. The highest BCUT2D eigenvalue weighted by atomic mass is 16.5. The van der Waals surface area contributed by atoms with Crippen molar-refractivity contribution in [1.29, 1.82) is 0 Å². The van der Waals surface area contributed by atoms with E-state index < -0.39 is 0 Å². The molecule has 0 bridgehead atoms. The van der Waals surface area contributed by atoms with Crippen LogP contribution in [0.3, 0.4) is 0 Å². The molecular weight excluding hydrogens is 256 g/mol. The van der Waals surface area contributed by atoms with Gasteiger partial charge in [0, 0.05) is 33.9 Å². The Bertz CT molecular complexity index is 453. The molecule has 2 heterocycles. The standard InChI is InChI=1S/C14H22N4O2/c1-14(6-8-20-9-7-14)10-15-12-5-4-11(16-17-12)13(19)18(2)3/h4-5H,6-10H2,1-3H3,(H,15,17). The molecule has 0 atom stereocenters. The van der Waals surface area contributed by atoms with Crippen LogP contribution < -0.4 is 5.32 Å². The van der Waals surface area contributed by atoms with E-state index in [1.54, 1.807) is 26.2 Å². The van der Waals surface area contributed by atoms with E-state index in [1.807, 2.05) is 0 Å². The average molecular weight is 278 g/mol. The summed E-state index contributed by atoms with van der Waals surface area (Å²) in [4.78, 5) is 13.2.